The molecule has 0 aliphatic rings. The van der Waals surface area contributed by atoms with Crippen molar-refractivity contribution >= 4 is 11.0 Å². The number of hydrogen-bond acceptors (Lipinski definition) is 4. The van der Waals surface area contributed by atoms with E-state index in [-0.39, 0.29) is 6.04 Å². The number of fused-ring (bicyclic) bond motifs is 1. The van der Waals surface area contributed by atoms with E-state index in [9.17, 15) is 0 Å². The Hall–Kier alpha value is -2.17. The first-order valence-electron chi connectivity index (χ1n) is 5.04. The van der Waals surface area contributed by atoms with Crippen LogP contribution in [0.5, 0.6) is 0 Å². The zero-order valence-electron chi connectivity index (χ0n) is 8.74. The van der Waals surface area contributed by atoms with Gasteiger partial charge < -0.3 is 4.52 Å². The van der Waals surface area contributed by atoms with Gasteiger partial charge >= 0.3 is 0 Å². The minimum Gasteiger partial charge on any atom is -0.356 e. The van der Waals surface area contributed by atoms with E-state index >= 15 is 0 Å². The van der Waals surface area contributed by atoms with Crippen LogP contribution < -0.4 is 0 Å². The molecular weight excluding hydrogens is 204 g/mol. The first-order valence-corrected chi connectivity index (χ1v) is 5.04. The normalized spacial score (nSPS) is 13.1. The maximum absolute atomic E-state index is 5.26. The molecule has 3 aromatic rings. The van der Waals surface area contributed by atoms with Crippen LogP contribution in [0.2, 0.25) is 0 Å². The zero-order chi connectivity index (χ0) is 11.0. The highest BCUT2D eigenvalue weighted by molar-refractivity contribution is 5.79. The van der Waals surface area contributed by atoms with E-state index in [0.717, 1.165) is 16.7 Å². The quantitative estimate of drug-likeness (QED) is 0.655. The summed E-state index contributed by atoms with van der Waals surface area (Å²) >= 11 is 0. The Labute approximate surface area is 91.7 Å². The summed E-state index contributed by atoms with van der Waals surface area (Å²) in [6.45, 7) is 2.01. The third kappa shape index (κ3) is 1.29. The average molecular weight is 214 g/mol. The van der Waals surface area contributed by atoms with Crippen LogP contribution in [0.4, 0.5) is 0 Å². The minimum absolute atomic E-state index is 0.0196. The Morgan fingerprint density at radius 1 is 1.31 bits per heavy atom. The largest absolute Gasteiger partial charge is 0.356 e. The number of para-hydroxylation sites is 1. The molecule has 2 aromatic heterocycles. The van der Waals surface area contributed by atoms with Gasteiger partial charge in [-0.2, -0.15) is 5.10 Å². The van der Waals surface area contributed by atoms with Crippen molar-refractivity contribution in [1.29, 1.82) is 0 Å². The molecule has 16 heavy (non-hydrogen) atoms. The molecule has 2 heterocycles. The lowest BCUT2D eigenvalue weighted by Crippen LogP contribution is -2.07. The zero-order valence-corrected chi connectivity index (χ0v) is 8.74. The highest BCUT2D eigenvalue weighted by Gasteiger charge is 2.16. The SMILES string of the molecule is CC(c1noc2ccccc12)n1cncn1. The second-order valence-corrected chi connectivity index (χ2v) is 3.62. The smallest absolute Gasteiger partial charge is 0.167 e. The molecule has 0 saturated carbocycles. The Balaban J connectivity index is 2.12. The molecular formula is C11H10N4O. The van der Waals surface area contributed by atoms with Crippen LogP contribution in [-0.4, -0.2) is 19.9 Å². The van der Waals surface area contributed by atoms with Crippen molar-refractivity contribution in [2.24, 2.45) is 0 Å². The Morgan fingerprint density at radius 3 is 3.00 bits per heavy atom. The molecule has 0 radical (unpaired) electrons. The second-order valence-electron chi connectivity index (χ2n) is 3.62. The third-order valence-corrected chi connectivity index (χ3v) is 2.63. The minimum atomic E-state index is 0.0196. The van der Waals surface area contributed by atoms with Crippen molar-refractivity contribution in [2.75, 3.05) is 0 Å². The molecule has 1 aromatic carbocycles. The molecule has 1 atom stereocenters. The molecule has 0 fully saturated rings. The molecule has 0 saturated heterocycles. The van der Waals surface area contributed by atoms with Crippen LogP contribution in [0.25, 0.3) is 11.0 Å². The molecule has 0 aliphatic heterocycles. The average Bonchev–Trinajstić information content (AvgIpc) is 2.98. The van der Waals surface area contributed by atoms with E-state index < -0.39 is 0 Å². The molecule has 0 aliphatic carbocycles. The summed E-state index contributed by atoms with van der Waals surface area (Å²) in [7, 11) is 0. The van der Waals surface area contributed by atoms with Gasteiger partial charge in [0.15, 0.2) is 5.58 Å². The van der Waals surface area contributed by atoms with Gasteiger partial charge in [-0.3, -0.25) is 0 Å². The van der Waals surface area contributed by atoms with Gasteiger partial charge in [0.25, 0.3) is 0 Å². The lowest BCUT2D eigenvalue weighted by Gasteiger charge is -2.07. The lowest BCUT2D eigenvalue weighted by atomic mass is 10.1. The number of nitrogens with zero attached hydrogens (tertiary/aromatic N) is 4. The summed E-state index contributed by atoms with van der Waals surface area (Å²) in [6, 6.07) is 7.81. The Kier molecular flexibility index (Phi) is 1.96. The summed E-state index contributed by atoms with van der Waals surface area (Å²) in [5, 5.41) is 9.21. The molecule has 1 unspecified atom stereocenters. The molecule has 3 rings (SSSR count). The maximum atomic E-state index is 5.26. The third-order valence-electron chi connectivity index (χ3n) is 2.63. The van der Waals surface area contributed by atoms with Crippen LogP contribution in [0.15, 0.2) is 41.4 Å². The van der Waals surface area contributed by atoms with Crippen molar-refractivity contribution in [3.05, 3.63) is 42.6 Å². The van der Waals surface area contributed by atoms with Gasteiger partial charge in [0.05, 0.1) is 6.04 Å². The van der Waals surface area contributed by atoms with E-state index in [1.807, 2.05) is 31.2 Å². The van der Waals surface area contributed by atoms with Crippen molar-refractivity contribution in [2.45, 2.75) is 13.0 Å². The van der Waals surface area contributed by atoms with E-state index in [4.69, 9.17) is 4.52 Å². The number of hydrogen-bond donors (Lipinski definition) is 0. The van der Waals surface area contributed by atoms with Crippen LogP contribution in [0, 0.1) is 0 Å². The maximum Gasteiger partial charge on any atom is 0.167 e. The molecule has 0 amide bonds. The molecule has 0 bridgehead atoms. The van der Waals surface area contributed by atoms with Gasteiger partial charge in [-0.1, -0.05) is 17.3 Å². The molecule has 80 valence electrons. The molecule has 5 heteroatoms. The second kappa shape index (κ2) is 3.44. The highest BCUT2D eigenvalue weighted by Crippen LogP contribution is 2.24. The molecule has 0 N–H and O–H groups in total. The van der Waals surface area contributed by atoms with Gasteiger partial charge in [0.2, 0.25) is 0 Å². The summed E-state index contributed by atoms with van der Waals surface area (Å²) in [6.07, 6.45) is 3.19. The van der Waals surface area contributed by atoms with Crippen LogP contribution in [-0.2, 0) is 0 Å². The Bertz CT molecular complexity index is 599. The van der Waals surface area contributed by atoms with Crippen molar-refractivity contribution < 1.29 is 4.52 Å². The van der Waals surface area contributed by atoms with Gasteiger partial charge in [0.1, 0.15) is 18.3 Å². The number of rotatable bonds is 2. The first-order chi connectivity index (χ1) is 7.86. The predicted molar refractivity (Wildman–Crippen MR) is 57.8 cm³/mol. The van der Waals surface area contributed by atoms with E-state index in [2.05, 4.69) is 15.2 Å². The summed E-state index contributed by atoms with van der Waals surface area (Å²) in [5.41, 5.74) is 1.67. The predicted octanol–water partition coefficient (Wildman–Crippen LogP) is 2.03. The van der Waals surface area contributed by atoms with Crippen molar-refractivity contribution in [3.63, 3.8) is 0 Å². The number of aromatic nitrogens is 4. The Morgan fingerprint density at radius 2 is 2.19 bits per heavy atom. The fourth-order valence-corrected chi connectivity index (χ4v) is 1.75. The molecule has 5 nitrogen and oxygen atoms in total. The monoisotopic (exact) mass is 214 g/mol. The molecule has 0 spiro atoms. The van der Waals surface area contributed by atoms with Gasteiger partial charge in [-0.15, -0.1) is 0 Å². The summed E-state index contributed by atoms with van der Waals surface area (Å²) in [4.78, 5) is 3.93. The van der Waals surface area contributed by atoms with E-state index in [1.54, 1.807) is 11.0 Å². The fourth-order valence-electron chi connectivity index (χ4n) is 1.75. The van der Waals surface area contributed by atoms with Crippen LogP contribution >= 0.6 is 0 Å². The van der Waals surface area contributed by atoms with E-state index in [1.165, 1.54) is 6.33 Å². The highest BCUT2D eigenvalue weighted by atomic mass is 16.5. The van der Waals surface area contributed by atoms with Crippen LogP contribution in [0.1, 0.15) is 18.7 Å². The van der Waals surface area contributed by atoms with Crippen LogP contribution in [0.3, 0.4) is 0 Å². The number of benzene rings is 1. The van der Waals surface area contributed by atoms with Gasteiger partial charge in [-0.05, 0) is 19.1 Å². The van der Waals surface area contributed by atoms with Gasteiger partial charge in [-0.25, -0.2) is 9.67 Å². The first kappa shape index (κ1) is 9.08. The van der Waals surface area contributed by atoms with Crippen molar-refractivity contribution in [1.82, 2.24) is 19.9 Å². The van der Waals surface area contributed by atoms with Gasteiger partial charge in [0, 0.05) is 5.39 Å². The summed E-state index contributed by atoms with van der Waals surface area (Å²) in [5.74, 6) is 0. The van der Waals surface area contributed by atoms with Crippen molar-refractivity contribution in [3.8, 4) is 0 Å². The standard InChI is InChI=1S/C11H10N4O/c1-8(15-7-12-6-13-15)11-9-4-2-3-5-10(9)16-14-11/h2-8H,1H3. The fraction of sp³-hybridized carbons (Fsp3) is 0.182. The van der Waals surface area contributed by atoms with E-state index in [0.29, 0.717) is 0 Å². The topological polar surface area (TPSA) is 56.7 Å². The lowest BCUT2D eigenvalue weighted by molar-refractivity contribution is 0.425. The summed E-state index contributed by atoms with van der Waals surface area (Å²) < 4.78 is 7.01.